The minimum atomic E-state index is 0.693. The van der Waals surface area contributed by atoms with Gasteiger partial charge in [-0.3, -0.25) is 4.57 Å². The van der Waals surface area contributed by atoms with Gasteiger partial charge in [0.1, 0.15) is 5.75 Å². The van der Waals surface area contributed by atoms with Crippen molar-refractivity contribution >= 4 is 23.4 Å². The van der Waals surface area contributed by atoms with Gasteiger partial charge < -0.3 is 4.74 Å². The maximum Gasteiger partial charge on any atom is 0.196 e. The second-order valence-corrected chi connectivity index (χ2v) is 8.00. The van der Waals surface area contributed by atoms with Crippen LogP contribution in [0.4, 0.5) is 0 Å². The summed E-state index contributed by atoms with van der Waals surface area (Å²) in [5.41, 5.74) is 4.45. The molecular weight excluding hydrogens is 402 g/mol. The SMILES string of the molecule is COc1ccc(-n2c(SCc3cccc(C)c3)nnc2-c2ccc(Cl)cc2)cc1. The van der Waals surface area contributed by atoms with Crippen LogP contribution in [0.5, 0.6) is 5.75 Å². The zero-order chi connectivity index (χ0) is 20.2. The normalized spacial score (nSPS) is 10.9. The lowest BCUT2D eigenvalue weighted by Gasteiger charge is -2.11. The first kappa shape index (κ1) is 19.6. The van der Waals surface area contributed by atoms with Crippen molar-refractivity contribution in [3.05, 3.63) is 88.9 Å². The Morgan fingerprint density at radius 2 is 1.72 bits per heavy atom. The smallest absolute Gasteiger partial charge is 0.196 e. The van der Waals surface area contributed by atoms with Crippen LogP contribution in [-0.2, 0) is 5.75 Å². The zero-order valence-electron chi connectivity index (χ0n) is 16.2. The zero-order valence-corrected chi connectivity index (χ0v) is 17.7. The predicted molar refractivity (Wildman–Crippen MR) is 119 cm³/mol. The lowest BCUT2D eigenvalue weighted by Crippen LogP contribution is -2.00. The number of rotatable bonds is 6. The number of hydrogen-bond donors (Lipinski definition) is 0. The van der Waals surface area contributed by atoms with Crippen molar-refractivity contribution in [1.29, 1.82) is 0 Å². The third-order valence-electron chi connectivity index (χ3n) is 4.52. The van der Waals surface area contributed by atoms with Crippen molar-refractivity contribution in [1.82, 2.24) is 14.8 Å². The van der Waals surface area contributed by atoms with Crippen molar-refractivity contribution in [2.45, 2.75) is 17.8 Å². The van der Waals surface area contributed by atoms with Crippen molar-refractivity contribution in [3.63, 3.8) is 0 Å². The molecule has 0 saturated carbocycles. The van der Waals surface area contributed by atoms with Gasteiger partial charge in [0.25, 0.3) is 0 Å². The molecule has 4 rings (SSSR count). The summed E-state index contributed by atoms with van der Waals surface area (Å²) in [5.74, 6) is 2.40. The molecule has 146 valence electrons. The van der Waals surface area contributed by atoms with E-state index in [1.165, 1.54) is 11.1 Å². The summed E-state index contributed by atoms with van der Waals surface area (Å²) in [6, 6.07) is 24.1. The van der Waals surface area contributed by atoms with E-state index in [1.54, 1.807) is 18.9 Å². The summed E-state index contributed by atoms with van der Waals surface area (Å²) in [5, 5.41) is 10.5. The number of benzene rings is 3. The van der Waals surface area contributed by atoms with E-state index >= 15 is 0 Å². The predicted octanol–water partition coefficient (Wildman–Crippen LogP) is 6.20. The molecule has 0 aliphatic heterocycles. The number of thioether (sulfide) groups is 1. The van der Waals surface area contributed by atoms with Gasteiger partial charge in [-0.2, -0.15) is 0 Å². The van der Waals surface area contributed by atoms with Gasteiger partial charge >= 0.3 is 0 Å². The molecule has 0 amide bonds. The molecule has 0 radical (unpaired) electrons. The summed E-state index contributed by atoms with van der Waals surface area (Å²) < 4.78 is 7.37. The highest BCUT2D eigenvalue weighted by Gasteiger charge is 2.16. The molecule has 29 heavy (non-hydrogen) atoms. The molecule has 0 unspecified atom stereocenters. The second kappa shape index (κ2) is 8.72. The van der Waals surface area contributed by atoms with Crippen molar-refractivity contribution in [2.75, 3.05) is 7.11 Å². The monoisotopic (exact) mass is 421 g/mol. The van der Waals surface area contributed by atoms with E-state index in [2.05, 4.69) is 46.0 Å². The average Bonchev–Trinajstić information content (AvgIpc) is 3.17. The highest BCUT2D eigenvalue weighted by Crippen LogP contribution is 2.31. The van der Waals surface area contributed by atoms with Crippen LogP contribution in [-0.4, -0.2) is 21.9 Å². The molecular formula is C23H20ClN3OS. The number of ether oxygens (including phenoxy) is 1. The molecule has 0 fully saturated rings. The van der Waals surface area contributed by atoms with Crippen LogP contribution in [0.1, 0.15) is 11.1 Å². The highest BCUT2D eigenvalue weighted by molar-refractivity contribution is 7.98. The Labute approximate surface area is 179 Å². The van der Waals surface area contributed by atoms with Crippen LogP contribution in [0, 0.1) is 6.92 Å². The van der Waals surface area contributed by atoms with Gasteiger partial charge in [0, 0.05) is 22.0 Å². The maximum absolute atomic E-state index is 6.06. The van der Waals surface area contributed by atoms with E-state index in [0.717, 1.165) is 33.7 Å². The van der Waals surface area contributed by atoms with Gasteiger partial charge in [-0.15, -0.1) is 10.2 Å². The summed E-state index contributed by atoms with van der Waals surface area (Å²) in [6.45, 7) is 2.10. The number of hydrogen-bond acceptors (Lipinski definition) is 4. The number of aromatic nitrogens is 3. The van der Waals surface area contributed by atoms with E-state index in [-0.39, 0.29) is 0 Å². The summed E-state index contributed by atoms with van der Waals surface area (Å²) >= 11 is 7.73. The van der Waals surface area contributed by atoms with E-state index in [9.17, 15) is 0 Å². The highest BCUT2D eigenvalue weighted by atomic mass is 35.5. The quantitative estimate of drug-likeness (QED) is 0.347. The number of aryl methyl sites for hydroxylation is 1. The average molecular weight is 422 g/mol. The Morgan fingerprint density at radius 3 is 2.41 bits per heavy atom. The van der Waals surface area contributed by atoms with Gasteiger partial charge in [0.2, 0.25) is 0 Å². The molecule has 0 spiro atoms. The standard InChI is InChI=1S/C23H20ClN3OS/c1-16-4-3-5-17(14-16)15-29-23-26-25-22(18-6-8-19(24)9-7-18)27(23)20-10-12-21(28-2)13-11-20/h3-14H,15H2,1-2H3. The third kappa shape index (κ3) is 4.47. The van der Waals surface area contributed by atoms with Crippen LogP contribution >= 0.6 is 23.4 Å². The molecule has 0 aliphatic carbocycles. The third-order valence-corrected chi connectivity index (χ3v) is 5.77. The summed E-state index contributed by atoms with van der Waals surface area (Å²) in [7, 11) is 1.66. The lowest BCUT2D eigenvalue weighted by molar-refractivity contribution is 0.414. The molecule has 3 aromatic carbocycles. The first-order valence-corrected chi connectivity index (χ1v) is 10.5. The summed E-state index contributed by atoms with van der Waals surface area (Å²) in [4.78, 5) is 0. The number of methoxy groups -OCH3 is 1. The Balaban J connectivity index is 1.73. The van der Waals surface area contributed by atoms with Crippen LogP contribution in [0.25, 0.3) is 17.1 Å². The number of halogens is 1. The van der Waals surface area contributed by atoms with Gasteiger partial charge in [-0.05, 0) is 61.0 Å². The minimum absolute atomic E-state index is 0.693. The maximum atomic E-state index is 6.06. The molecule has 1 aromatic heterocycles. The van der Waals surface area contributed by atoms with E-state index < -0.39 is 0 Å². The van der Waals surface area contributed by atoms with Crippen LogP contribution < -0.4 is 4.74 Å². The summed E-state index contributed by atoms with van der Waals surface area (Å²) in [6.07, 6.45) is 0. The van der Waals surface area contributed by atoms with E-state index in [0.29, 0.717) is 5.02 Å². The van der Waals surface area contributed by atoms with E-state index in [4.69, 9.17) is 16.3 Å². The molecule has 0 bridgehead atoms. The molecule has 1 heterocycles. The van der Waals surface area contributed by atoms with E-state index in [1.807, 2.05) is 48.5 Å². The molecule has 4 nitrogen and oxygen atoms in total. The van der Waals surface area contributed by atoms with Gasteiger partial charge in [0.05, 0.1) is 7.11 Å². The first-order valence-electron chi connectivity index (χ1n) is 9.18. The molecule has 0 saturated heterocycles. The molecule has 6 heteroatoms. The fraction of sp³-hybridized carbons (Fsp3) is 0.130. The van der Waals surface area contributed by atoms with Crippen molar-refractivity contribution in [3.8, 4) is 22.8 Å². The van der Waals surface area contributed by atoms with Gasteiger partial charge in [0.15, 0.2) is 11.0 Å². The Morgan fingerprint density at radius 1 is 0.966 bits per heavy atom. The van der Waals surface area contributed by atoms with Crippen LogP contribution in [0.2, 0.25) is 5.02 Å². The van der Waals surface area contributed by atoms with Crippen molar-refractivity contribution in [2.24, 2.45) is 0 Å². The lowest BCUT2D eigenvalue weighted by atomic mass is 10.2. The fourth-order valence-electron chi connectivity index (χ4n) is 3.06. The topological polar surface area (TPSA) is 39.9 Å². The molecule has 0 atom stereocenters. The fourth-order valence-corrected chi connectivity index (χ4v) is 4.08. The Bertz CT molecular complexity index is 1110. The first-order chi connectivity index (χ1) is 14.1. The second-order valence-electron chi connectivity index (χ2n) is 6.62. The minimum Gasteiger partial charge on any atom is -0.497 e. The van der Waals surface area contributed by atoms with Crippen molar-refractivity contribution < 1.29 is 4.74 Å². The van der Waals surface area contributed by atoms with Crippen LogP contribution in [0.15, 0.2) is 78.0 Å². The molecule has 0 aliphatic rings. The Kier molecular flexibility index (Phi) is 5.88. The largest absolute Gasteiger partial charge is 0.497 e. The molecule has 0 N–H and O–H groups in total. The van der Waals surface area contributed by atoms with Crippen LogP contribution in [0.3, 0.4) is 0 Å². The molecule has 4 aromatic rings. The Hall–Kier alpha value is -2.76. The van der Waals surface area contributed by atoms with Gasteiger partial charge in [-0.25, -0.2) is 0 Å². The number of nitrogens with zero attached hydrogens (tertiary/aromatic N) is 3. The van der Waals surface area contributed by atoms with Gasteiger partial charge in [-0.1, -0.05) is 53.2 Å².